The summed E-state index contributed by atoms with van der Waals surface area (Å²) in [5, 5.41) is 2.56. The van der Waals surface area contributed by atoms with E-state index in [2.05, 4.69) is 11.9 Å². The van der Waals surface area contributed by atoms with Crippen molar-refractivity contribution in [2.45, 2.75) is 20.3 Å². The van der Waals surface area contributed by atoms with Gasteiger partial charge in [0.2, 0.25) is 5.91 Å². The van der Waals surface area contributed by atoms with Gasteiger partial charge in [0, 0.05) is 12.5 Å². The lowest BCUT2D eigenvalue weighted by molar-refractivity contribution is -0.150. The molecule has 96 valence electrons. The van der Waals surface area contributed by atoms with Crippen molar-refractivity contribution in [3.05, 3.63) is 12.7 Å². The fraction of sp³-hybridized carbons (Fsp3) is 0.583. The minimum atomic E-state index is -0.435. The second-order valence-electron chi connectivity index (χ2n) is 3.80. The largest absolute Gasteiger partial charge is 0.465 e. The fourth-order valence-corrected chi connectivity index (χ4v) is 0.993. The van der Waals surface area contributed by atoms with Gasteiger partial charge in [0.15, 0.2) is 0 Å². The Labute approximate surface area is 101 Å². The van der Waals surface area contributed by atoms with Crippen molar-refractivity contribution in [1.82, 2.24) is 5.32 Å². The van der Waals surface area contributed by atoms with Crippen LogP contribution < -0.4 is 5.32 Å². The second-order valence-corrected chi connectivity index (χ2v) is 3.80. The van der Waals surface area contributed by atoms with Gasteiger partial charge in [0.25, 0.3) is 0 Å². The number of rotatable bonds is 8. The molecular weight excluding hydrogens is 222 g/mol. The summed E-state index contributed by atoms with van der Waals surface area (Å²) in [6, 6.07) is 0. The number of nitrogens with one attached hydrogen (secondary N) is 1. The van der Waals surface area contributed by atoms with Crippen molar-refractivity contribution < 1.29 is 19.1 Å². The molecule has 0 saturated carbocycles. The lowest BCUT2D eigenvalue weighted by Crippen LogP contribution is -2.25. The summed E-state index contributed by atoms with van der Waals surface area (Å²) < 4.78 is 4.97. The zero-order valence-electron chi connectivity index (χ0n) is 10.3. The third-order valence-corrected chi connectivity index (χ3v) is 2.43. The van der Waals surface area contributed by atoms with Crippen molar-refractivity contribution in [2.24, 2.45) is 11.8 Å². The number of hydrogen-bond donors (Lipinski definition) is 1. The summed E-state index contributed by atoms with van der Waals surface area (Å²) >= 11 is 0. The van der Waals surface area contributed by atoms with Gasteiger partial charge in [-0.1, -0.05) is 20.4 Å². The van der Waals surface area contributed by atoms with Crippen LogP contribution in [0.2, 0.25) is 0 Å². The van der Waals surface area contributed by atoms with E-state index in [4.69, 9.17) is 4.74 Å². The van der Waals surface area contributed by atoms with Crippen molar-refractivity contribution in [1.29, 1.82) is 0 Å². The van der Waals surface area contributed by atoms with E-state index in [0.717, 1.165) is 6.29 Å². The fourth-order valence-electron chi connectivity index (χ4n) is 0.993. The van der Waals surface area contributed by atoms with E-state index in [1.807, 2.05) is 0 Å². The highest BCUT2D eigenvalue weighted by atomic mass is 16.5. The number of esters is 1. The summed E-state index contributed by atoms with van der Waals surface area (Å²) in [4.78, 5) is 32.7. The molecule has 0 aromatic heterocycles. The number of hydrogen-bond acceptors (Lipinski definition) is 4. The van der Waals surface area contributed by atoms with Gasteiger partial charge in [-0.2, -0.15) is 0 Å². The van der Waals surface area contributed by atoms with E-state index in [1.54, 1.807) is 13.8 Å². The van der Waals surface area contributed by atoms with Crippen LogP contribution in [0.5, 0.6) is 0 Å². The van der Waals surface area contributed by atoms with Crippen LogP contribution in [0.1, 0.15) is 20.3 Å². The minimum Gasteiger partial charge on any atom is -0.465 e. The van der Waals surface area contributed by atoms with Gasteiger partial charge in [-0.3, -0.25) is 9.59 Å². The molecule has 0 aromatic carbocycles. The van der Waals surface area contributed by atoms with E-state index in [9.17, 15) is 14.4 Å². The Morgan fingerprint density at radius 1 is 1.41 bits per heavy atom. The Morgan fingerprint density at radius 3 is 2.59 bits per heavy atom. The Bertz CT molecular complexity index is 288. The van der Waals surface area contributed by atoms with Gasteiger partial charge in [0.1, 0.15) is 6.29 Å². The van der Waals surface area contributed by atoms with Crippen LogP contribution in [-0.4, -0.2) is 31.3 Å². The van der Waals surface area contributed by atoms with Crippen LogP contribution in [0.4, 0.5) is 0 Å². The summed E-state index contributed by atoms with van der Waals surface area (Å²) in [5.41, 5.74) is 0. The maximum absolute atomic E-state index is 11.4. The lowest BCUT2D eigenvalue weighted by atomic mass is 9.98. The SMILES string of the molecule is C=CC(=O)NCCCOC(=O)C(C)C(C)C=O. The number of ether oxygens (including phenoxy) is 1. The first-order valence-corrected chi connectivity index (χ1v) is 5.55. The van der Waals surface area contributed by atoms with Crippen LogP contribution in [0.3, 0.4) is 0 Å². The molecule has 0 radical (unpaired) electrons. The van der Waals surface area contributed by atoms with Crippen LogP contribution >= 0.6 is 0 Å². The normalized spacial score (nSPS) is 13.3. The quantitative estimate of drug-likeness (QED) is 0.294. The number of aldehydes is 1. The molecule has 1 amide bonds. The minimum absolute atomic E-state index is 0.228. The standard InChI is InChI=1S/C12H19NO4/c1-4-11(15)13-6-5-7-17-12(16)10(3)9(2)8-14/h4,8-10H,1,5-7H2,2-3H3,(H,13,15). The number of carbonyl (C=O) groups is 3. The van der Waals surface area contributed by atoms with Gasteiger partial charge in [-0.05, 0) is 12.5 Å². The molecule has 0 aliphatic rings. The van der Waals surface area contributed by atoms with Gasteiger partial charge in [-0.25, -0.2) is 0 Å². The van der Waals surface area contributed by atoms with Gasteiger partial charge in [-0.15, -0.1) is 0 Å². The summed E-state index contributed by atoms with van der Waals surface area (Å²) in [5.74, 6) is -1.42. The van der Waals surface area contributed by atoms with E-state index in [-0.39, 0.29) is 24.4 Å². The van der Waals surface area contributed by atoms with Crippen LogP contribution in [0, 0.1) is 11.8 Å². The predicted molar refractivity (Wildman–Crippen MR) is 63.2 cm³/mol. The highest BCUT2D eigenvalue weighted by Gasteiger charge is 2.20. The van der Waals surface area contributed by atoms with E-state index >= 15 is 0 Å². The Morgan fingerprint density at radius 2 is 2.06 bits per heavy atom. The summed E-state index contributed by atoms with van der Waals surface area (Å²) in [6.07, 6.45) is 2.45. The molecule has 5 nitrogen and oxygen atoms in total. The van der Waals surface area contributed by atoms with Crippen LogP contribution in [0.15, 0.2) is 12.7 Å². The molecule has 2 unspecified atom stereocenters. The zero-order valence-corrected chi connectivity index (χ0v) is 10.3. The molecule has 17 heavy (non-hydrogen) atoms. The molecule has 0 saturated heterocycles. The van der Waals surface area contributed by atoms with Crippen molar-refractivity contribution in [3.8, 4) is 0 Å². The maximum Gasteiger partial charge on any atom is 0.309 e. The van der Waals surface area contributed by atoms with Crippen LogP contribution in [-0.2, 0) is 19.1 Å². The first-order valence-electron chi connectivity index (χ1n) is 5.55. The second kappa shape index (κ2) is 8.50. The molecule has 0 aliphatic heterocycles. The maximum atomic E-state index is 11.4. The molecule has 0 aliphatic carbocycles. The highest BCUT2D eigenvalue weighted by molar-refractivity contribution is 5.86. The first-order chi connectivity index (χ1) is 8.02. The average molecular weight is 241 g/mol. The first kappa shape index (κ1) is 15.3. The zero-order chi connectivity index (χ0) is 13.3. The molecule has 1 N–H and O–H groups in total. The van der Waals surface area contributed by atoms with E-state index < -0.39 is 5.92 Å². The topological polar surface area (TPSA) is 72.5 Å². The van der Waals surface area contributed by atoms with Crippen molar-refractivity contribution in [2.75, 3.05) is 13.2 Å². The number of carbonyl (C=O) groups excluding carboxylic acids is 3. The molecular formula is C12H19NO4. The summed E-state index contributed by atoms with van der Waals surface area (Å²) in [7, 11) is 0. The monoisotopic (exact) mass is 241 g/mol. The molecule has 0 heterocycles. The predicted octanol–water partition coefficient (Wildman–Crippen LogP) is 0.693. The summed E-state index contributed by atoms with van der Waals surface area (Å²) in [6.45, 7) is 7.29. The van der Waals surface area contributed by atoms with Gasteiger partial charge in [0.05, 0.1) is 12.5 Å². The van der Waals surface area contributed by atoms with Crippen molar-refractivity contribution >= 4 is 18.2 Å². The molecule has 2 atom stereocenters. The lowest BCUT2D eigenvalue weighted by Gasteiger charge is -2.13. The smallest absolute Gasteiger partial charge is 0.309 e. The van der Waals surface area contributed by atoms with E-state index in [1.165, 1.54) is 6.08 Å². The molecule has 0 fully saturated rings. The highest BCUT2D eigenvalue weighted by Crippen LogP contribution is 2.09. The number of amides is 1. The Kier molecular flexibility index (Phi) is 7.67. The third-order valence-electron chi connectivity index (χ3n) is 2.43. The Hall–Kier alpha value is -1.65. The molecule has 0 aromatic rings. The van der Waals surface area contributed by atoms with Crippen molar-refractivity contribution in [3.63, 3.8) is 0 Å². The molecule has 0 rings (SSSR count). The van der Waals surface area contributed by atoms with Gasteiger partial charge < -0.3 is 14.8 Å². The molecule has 0 bridgehead atoms. The third kappa shape index (κ3) is 6.50. The average Bonchev–Trinajstić information content (AvgIpc) is 2.35. The molecule has 0 spiro atoms. The Balaban J connectivity index is 3.68. The van der Waals surface area contributed by atoms with Crippen LogP contribution in [0.25, 0.3) is 0 Å². The van der Waals surface area contributed by atoms with E-state index in [0.29, 0.717) is 13.0 Å². The van der Waals surface area contributed by atoms with Gasteiger partial charge >= 0.3 is 5.97 Å². The molecule has 5 heteroatoms.